The SMILES string of the molecule is COc1cc(C(C)C#N)cc(OC)c1Br. The molecule has 1 atom stereocenters. The molecule has 1 rings (SSSR count). The van der Waals surface area contributed by atoms with Crippen LogP contribution in [-0.2, 0) is 0 Å². The normalized spacial score (nSPS) is 11.7. The van der Waals surface area contributed by atoms with Crippen LogP contribution in [0.4, 0.5) is 0 Å². The topological polar surface area (TPSA) is 42.2 Å². The number of halogens is 1. The van der Waals surface area contributed by atoms with Gasteiger partial charge in [-0.25, -0.2) is 0 Å². The summed E-state index contributed by atoms with van der Waals surface area (Å²) in [6.45, 7) is 1.84. The van der Waals surface area contributed by atoms with Crippen LogP contribution in [-0.4, -0.2) is 14.2 Å². The molecular weight excluding hydrogens is 258 g/mol. The zero-order valence-corrected chi connectivity index (χ0v) is 10.5. The summed E-state index contributed by atoms with van der Waals surface area (Å²) in [4.78, 5) is 0. The number of hydrogen-bond donors (Lipinski definition) is 0. The second kappa shape index (κ2) is 5.04. The molecule has 0 aliphatic heterocycles. The van der Waals surface area contributed by atoms with Crippen molar-refractivity contribution in [3.05, 3.63) is 22.2 Å². The molecule has 4 heteroatoms. The Hall–Kier alpha value is -1.21. The molecule has 0 aromatic heterocycles. The van der Waals surface area contributed by atoms with Gasteiger partial charge in [-0.3, -0.25) is 0 Å². The van der Waals surface area contributed by atoms with Crippen LogP contribution in [0.2, 0.25) is 0 Å². The summed E-state index contributed by atoms with van der Waals surface area (Å²) >= 11 is 3.37. The first-order valence-electron chi connectivity index (χ1n) is 4.45. The Bertz CT molecular complexity index is 373. The third-order valence-electron chi connectivity index (χ3n) is 2.16. The Labute approximate surface area is 97.7 Å². The summed E-state index contributed by atoms with van der Waals surface area (Å²) in [5.74, 6) is 1.17. The van der Waals surface area contributed by atoms with Crippen molar-refractivity contribution in [2.24, 2.45) is 0 Å². The fourth-order valence-electron chi connectivity index (χ4n) is 1.21. The van der Waals surface area contributed by atoms with Crippen molar-refractivity contribution < 1.29 is 9.47 Å². The molecule has 0 saturated carbocycles. The van der Waals surface area contributed by atoms with Crippen LogP contribution in [0, 0.1) is 11.3 Å². The van der Waals surface area contributed by atoms with E-state index in [1.807, 2.05) is 19.1 Å². The van der Waals surface area contributed by atoms with E-state index < -0.39 is 0 Å². The average Bonchev–Trinajstić information content (AvgIpc) is 2.28. The highest BCUT2D eigenvalue weighted by atomic mass is 79.9. The molecule has 15 heavy (non-hydrogen) atoms. The fourth-order valence-corrected chi connectivity index (χ4v) is 1.77. The van der Waals surface area contributed by atoms with E-state index in [4.69, 9.17) is 14.7 Å². The van der Waals surface area contributed by atoms with Gasteiger partial charge < -0.3 is 9.47 Å². The lowest BCUT2D eigenvalue weighted by Crippen LogP contribution is -1.95. The Kier molecular flexibility index (Phi) is 3.98. The molecule has 0 aliphatic rings. The molecule has 1 aromatic carbocycles. The monoisotopic (exact) mass is 269 g/mol. The predicted molar refractivity (Wildman–Crippen MR) is 61.3 cm³/mol. The molecular formula is C11H12BrNO2. The van der Waals surface area contributed by atoms with Crippen LogP contribution >= 0.6 is 15.9 Å². The minimum atomic E-state index is -0.180. The predicted octanol–water partition coefficient (Wildman–Crippen LogP) is 3.09. The summed E-state index contributed by atoms with van der Waals surface area (Å²) in [6, 6.07) is 5.84. The molecule has 0 bridgehead atoms. The van der Waals surface area contributed by atoms with Gasteiger partial charge >= 0.3 is 0 Å². The number of ether oxygens (including phenoxy) is 2. The maximum absolute atomic E-state index is 8.84. The van der Waals surface area contributed by atoms with Gasteiger partial charge in [-0.1, -0.05) is 0 Å². The smallest absolute Gasteiger partial charge is 0.137 e. The summed E-state index contributed by atoms with van der Waals surface area (Å²) in [5, 5.41) is 8.84. The standard InChI is InChI=1S/C11H12BrNO2/c1-7(6-13)8-4-9(14-2)11(12)10(5-8)15-3/h4-5,7H,1-3H3. The van der Waals surface area contributed by atoms with Crippen LogP contribution in [0.15, 0.2) is 16.6 Å². The Morgan fingerprint density at radius 3 is 2.07 bits per heavy atom. The van der Waals surface area contributed by atoms with E-state index in [0.29, 0.717) is 11.5 Å². The molecule has 1 unspecified atom stereocenters. The van der Waals surface area contributed by atoms with Crippen molar-refractivity contribution >= 4 is 15.9 Å². The third kappa shape index (κ3) is 2.42. The van der Waals surface area contributed by atoms with Crippen LogP contribution in [0.1, 0.15) is 18.4 Å². The lowest BCUT2D eigenvalue weighted by Gasteiger charge is -2.12. The molecule has 80 valence electrons. The highest BCUT2D eigenvalue weighted by molar-refractivity contribution is 9.10. The fraction of sp³-hybridized carbons (Fsp3) is 0.364. The third-order valence-corrected chi connectivity index (χ3v) is 2.94. The molecule has 0 aliphatic carbocycles. The largest absolute Gasteiger partial charge is 0.495 e. The summed E-state index contributed by atoms with van der Waals surface area (Å²) in [5.41, 5.74) is 0.884. The second-order valence-corrected chi connectivity index (χ2v) is 3.88. The van der Waals surface area contributed by atoms with Gasteiger partial charge in [0.05, 0.1) is 26.2 Å². The first kappa shape index (κ1) is 11.9. The lowest BCUT2D eigenvalue weighted by molar-refractivity contribution is 0.388. The van der Waals surface area contributed by atoms with Gasteiger partial charge in [0.25, 0.3) is 0 Å². The van der Waals surface area contributed by atoms with Gasteiger partial charge in [0.1, 0.15) is 16.0 Å². The molecule has 0 N–H and O–H groups in total. The summed E-state index contributed by atoms with van der Waals surface area (Å²) in [7, 11) is 3.17. The number of hydrogen-bond acceptors (Lipinski definition) is 3. The molecule has 0 saturated heterocycles. The molecule has 0 fully saturated rings. The zero-order chi connectivity index (χ0) is 11.4. The van der Waals surface area contributed by atoms with Gasteiger partial charge in [0, 0.05) is 0 Å². The van der Waals surface area contributed by atoms with Crippen molar-refractivity contribution in [1.82, 2.24) is 0 Å². The molecule has 0 spiro atoms. The number of nitriles is 1. The van der Waals surface area contributed by atoms with E-state index in [1.54, 1.807) is 14.2 Å². The molecule has 1 aromatic rings. The van der Waals surface area contributed by atoms with Crippen molar-refractivity contribution in [1.29, 1.82) is 5.26 Å². The quantitative estimate of drug-likeness (QED) is 0.847. The second-order valence-electron chi connectivity index (χ2n) is 3.09. The Morgan fingerprint density at radius 1 is 1.27 bits per heavy atom. The minimum absolute atomic E-state index is 0.180. The number of benzene rings is 1. The van der Waals surface area contributed by atoms with E-state index >= 15 is 0 Å². The summed E-state index contributed by atoms with van der Waals surface area (Å²) < 4.78 is 11.1. The van der Waals surface area contributed by atoms with Crippen LogP contribution in [0.3, 0.4) is 0 Å². The van der Waals surface area contributed by atoms with Crippen molar-refractivity contribution in [2.45, 2.75) is 12.8 Å². The van der Waals surface area contributed by atoms with Crippen LogP contribution < -0.4 is 9.47 Å². The maximum atomic E-state index is 8.84. The zero-order valence-electron chi connectivity index (χ0n) is 8.87. The van der Waals surface area contributed by atoms with Crippen LogP contribution in [0.25, 0.3) is 0 Å². The number of rotatable bonds is 3. The Morgan fingerprint density at radius 2 is 1.73 bits per heavy atom. The number of nitrogens with zero attached hydrogens (tertiary/aromatic N) is 1. The molecule has 0 amide bonds. The van der Waals surface area contributed by atoms with E-state index in [1.165, 1.54) is 0 Å². The highest BCUT2D eigenvalue weighted by Crippen LogP contribution is 2.37. The van der Waals surface area contributed by atoms with E-state index in [2.05, 4.69) is 22.0 Å². The molecule has 3 nitrogen and oxygen atoms in total. The minimum Gasteiger partial charge on any atom is -0.495 e. The first-order valence-corrected chi connectivity index (χ1v) is 5.24. The Balaban J connectivity index is 3.28. The molecule has 0 radical (unpaired) electrons. The molecule has 0 heterocycles. The van der Waals surface area contributed by atoms with E-state index in [9.17, 15) is 0 Å². The van der Waals surface area contributed by atoms with Crippen molar-refractivity contribution in [3.63, 3.8) is 0 Å². The van der Waals surface area contributed by atoms with E-state index in [0.717, 1.165) is 10.0 Å². The lowest BCUT2D eigenvalue weighted by atomic mass is 10.0. The summed E-state index contributed by atoms with van der Waals surface area (Å²) in [6.07, 6.45) is 0. The first-order chi connectivity index (χ1) is 7.13. The maximum Gasteiger partial charge on any atom is 0.137 e. The van der Waals surface area contributed by atoms with Crippen molar-refractivity contribution in [3.8, 4) is 17.6 Å². The van der Waals surface area contributed by atoms with Gasteiger partial charge in [-0.2, -0.15) is 5.26 Å². The van der Waals surface area contributed by atoms with Gasteiger partial charge in [-0.05, 0) is 40.5 Å². The van der Waals surface area contributed by atoms with Gasteiger partial charge in [-0.15, -0.1) is 0 Å². The van der Waals surface area contributed by atoms with Crippen LogP contribution in [0.5, 0.6) is 11.5 Å². The van der Waals surface area contributed by atoms with Gasteiger partial charge in [0.2, 0.25) is 0 Å². The number of methoxy groups -OCH3 is 2. The average molecular weight is 270 g/mol. The van der Waals surface area contributed by atoms with Crippen molar-refractivity contribution in [2.75, 3.05) is 14.2 Å². The van der Waals surface area contributed by atoms with E-state index in [-0.39, 0.29) is 5.92 Å². The van der Waals surface area contributed by atoms with Gasteiger partial charge in [0.15, 0.2) is 0 Å². The highest BCUT2D eigenvalue weighted by Gasteiger charge is 2.13.